The number of carbonyl (C=O) groups is 2. The molecule has 5 heteroatoms. The third-order valence-corrected chi connectivity index (χ3v) is 5.50. The summed E-state index contributed by atoms with van der Waals surface area (Å²) in [6.07, 6.45) is 5.15. The van der Waals surface area contributed by atoms with Crippen LogP contribution in [0.2, 0.25) is 0 Å². The van der Waals surface area contributed by atoms with E-state index in [-0.39, 0.29) is 11.9 Å². The number of fused-ring (bicyclic) bond motifs is 1. The first-order chi connectivity index (χ1) is 9.08. The van der Waals surface area contributed by atoms with Crippen molar-refractivity contribution in [2.24, 2.45) is 5.92 Å². The van der Waals surface area contributed by atoms with Crippen LogP contribution >= 0.6 is 11.8 Å². The van der Waals surface area contributed by atoms with Crippen molar-refractivity contribution in [3.8, 4) is 0 Å². The molecule has 0 aromatic carbocycles. The molecule has 0 radical (unpaired) electrons. The van der Waals surface area contributed by atoms with Crippen LogP contribution in [0.5, 0.6) is 0 Å². The van der Waals surface area contributed by atoms with Crippen molar-refractivity contribution >= 4 is 23.6 Å². The van der Waals surface area contributed by atoms with E-state index in [4.69, 9.17) is 0 Å². The molecule has 0 spiro atoms. The van der Waals surface area contributed by atoms with E-state index in [9.17, 15) is 9.59 Å². The fourth-order valence-corrected chi connectivity index (χ4v) is 4.30. The minimum atomic E-state index is -0.0113. The number of Topliss-reactive ketones (excluding diaryl/α,β-unsaturated/α-hetero) is 1. The first kappa shape index (κ1) is 14.7. The lowest BCUT2D eigenvalue weighted by molar-refractivity contribution is -0.122. The maximum atomic E-state index is 11.5. The molecular weight excluding hydrogens is 260 g/mol. The third kappa shape index (κ3) is 3.88. The number of carbonyl (C=O) groups excluding carboxylic acids is 2. The van der Waals surface area contributed by atoms with E-state index in [0.29, 0.717) is 23.1 Å². The third-order valence-electron chi connectivity index (χ3n) is 3.99. The van der Waals surface area contributed by atoms with Crippen LogP contribution in [-0.4, -0.2) is 34.9 Å². The Morgan fingerprint density at radius 1 is 1.32 bits per heavy atom. The number of hydrogen-bond acceptors (Lipinski definition) is 3. The van der Waals surface area contributed by atoms with E-state index in [2.05, 4.69) is 10.6 Å². The maximum Gasteiger partial charge on any atom is 0.315 e. The molecule has 2 amide bonds. The molecule has 108 valence electrons. The molecule has 0 bridgehead atoms. The molecule has 2 saturated heterocycles. The minimum Gasteiger partial charge on any atom is -0.332 e. The van der Waals surface area contributed by atoms with Gasteiger partial charge in [-0.05, 0) is 12.8 Å². The monoisotopic (exact) mass is 284 g/mol. The Balaban J connectivity index is 1.59. The molecule has 0 unspecified atom stereocenters. The summed E-state index contributed by atoms with van der Waals surface area (Å²) in [5, 5.41) is 6.52. The molecular formula is C14H24N2O2S. The van der Waals surface area contributed by atoms with E-state index in [0.717, 1.165) is 37.9 Å². The fraction of sp³-hybridized carbons (Fsp3) is 0.857. The van der Waals surface area contributed by atoms with Crippen LogP contribution in [-0.2, 0) is 4.79 Å². The van der Waals surface area contributed by atoms with Crippen molar-refractivity contribution in [1.82, 2.24) is 10.6 Å². The Bertz CT molecular complexity index is 346. The van der Waals surface area contributed by atoms with Gasteiger partial charge in [-0.1, -0.05) is 26.7 Å². The van der Waals surface area contributed by atoms with Crippen LogP contribution in [0, 0.1) is 5.92 Å². The quantitative estimate of drug-likeness (QED) is 0.557. The fourth-order valence-electron chi connectivity index (χ4n) is 2.75. The highest BCUT2D eigenvalue weighted by Crippen LogP contribution is 2.33. The second-order valence-electron chi connectivity index (χ2n) is 5.84. The second kappa shape index (κ2) is 6.64. The maximum absolute atomic E-state index is 11.5. The lowest BCUT2D eigenvalue weighted by atomic mass is 10.00. The van der Waals surface area contributed by atoms with Crippen molar-refractivity contribution in [3.63, 3.8) is 0 Å². The highest BCUT2D eigenvalue weighted by atomic mass is 32.2. The van der Waals surface area contributed by atoms with Gasteiger partial charge in [0.25, 0.3) is 0 Å². The molecule has 0 aromatic heterocycles. The second-order valence-corrected chi connectivity index (χ2v) is 7.11. The van der Waals surface area contributed by atoms with Gasteiger partial charge in [-0.25, -0.2) is 4.79 Å². The zero-order valence-electron chi connectivity index (χ0n) is 11.8. The summed E-state index contributed by atoms with van der Waals surface area (Å²) in [7, 11) is 0. The lowest BCUT2D eigenvalue weighted by Gasteiger charge is -2.16. The summed E-state index contributed by atoms with van der Waals surface area (Å²) < 4.78 is 0. The molecule has 0 aliphatic carbocycles. The van der Waals surface area contributed by atoms with Gasteiger partial charge in [0.05, 0.1) is 12.1 Å². The van der Waals surface area contributed by atoms with Gasteiger partial charge < -0.3 is 10.6 Å². The number of urea groups is 1. The summed E-state index contributed by atoms with van der Waals surface area (Å²) in [5.41, 5.74) is 0. The predicted molar refractivity (Wildman–Crippen MR) is 78.4 cm³/mol. The number of amides is 2. The molecule has 2 rings (SSSR count). The normalized spacial score (nSPS) is 29.2. The Kier molecular flexibility index (Phi) is 5.13. The average Bonchev–Trinajstić information content (AvgIpc) is 2.88. The van der Waals surface area contributed by atoms with Crippen molar-refractivity contribution in [2.75, 3.05) is 5.75 Å². The molecule has 4 nitrogen and oxygen atoms in total. The molecule has 2 aliphatic rings. The number of unbranched alkanes of at least 4 members (excludes halogenated alkanes) is 2. The van der Waals surface area contributed by atoms with Crippen molar-refractivity contribution < 1.29 is 9.59 Å². The number of thioether (sulfide) groups is 1. The molecule has 2 heterocycles. The summed E-state index contributed by atoms with van der Waals surface area (Å²) in [6, 6.07) is 0.627. The van der Waals surface area contributed by atoms with E-state index < -0.39 is 0 Å². The van der Waals surface area contributed by atoms with Gasteiger partial charge in [0.15, 0.2) is 0 Å². The summed E-state index contributed by atoms with van der Waals surface area (Å²) in [4.78, 5) is 22.7. The highest BCUT2D eigenvalue weighted by Gasteiger charge is 2.42. The van der Waals surface area contributed by atoms with Gasteiger partial charge in [-0.15, -0.1) is 0 Å². The summed E-state index contributed by atoms with van der Waals surface area (Å²) in [6.45, 7) is 3.93. The van der Waals surface area contributed by atoms with E-state index >= 15 is 0 Å². The molecule has 19 heavy (non-hydrogen) atoms. The average molecular weight is 284 g/mol. The predicted octanol–water partition coefficient (Wildman–Crippen LogP) is 2.33. The van der Waals surface area contributed by atoms with E-state index in [1.807, 2.05) is 25.6 Å². The van der Waals surface area contributed by atoms with Gasteiger partial charge >= 0.3 is 6.03 Å². The topological polar surface area (TPSA) is 58.2 Å². The van der Waals surface area contributed by atoms with Gasteiger partial charge in [0.1, 0.15) is 5.78 Å². The van der Waals surface area contributed by atoms with Crippen molar-refractivity contribution in [2.45, 2.75) is 63.3 Å². The van der Waals surface area contributed by atoms with Crippen LogP contribution in [0.15, 0.2) is 0 Å². The van der Waals surface area contributed by atoms with Crippen LogP contribution in [0.4, 0.5) is 4.79 Å². The van der Waals surface area contributed by atoms with Crippen LogP contribution < -0.4 is 10.6 Å². The molecule has 3 atom stereocenters. The zero-order valence-corrected chi connectivity index (χ0v) is 12.6. The van der Waals surface area contributed by atoms with Gasteiger partial charge in [-0.2, -0.15) is 11.8 Å². The lowest BCUT2D eigenvalue weighted by Crippen LogP contribution is -2.36. The van der Waals surface area contributed by atoms with Gasteiger partial charge in [-0.3, -0.25) is 4.79 Å². The van der Waals surface area contributed by atoms with Gasteiger partial charge in [0.2, 0.25) is 0 Å². The summed E-state index contributed by atoms with van der Waals surface area (Å²) >= 11 is 1.96. The SMILES string of the molecule is CC(C)C(=O)CCCCC[C@@H]1SC[C@@H]2NC(=O)N[C@@H]21. The van der Waals surface area contributed by atoms with Crippen LogP contribution in [0.1, 0.15) is 46.0 Å². The molecule has 2 N–H and O–H groups in total. The highest BCUT2D eigenvalue weighted by molar-refractivity contribution is 8.00. The van der Waals surface area contributed by atoms with E-state index in [1.165, 1.54) is 0 Å². The molecule has 2 aliphatic heterocycles. The van der Waals surface area contributed by atoms with Crippen LogP contribution in [0.25, 0.3) is 0 Å². The van der Waals surface area contributed by atoms with E-state index in [1.54, 1.807) is 0 Å². The number of nitrogens with one attached hydrogen (secondary N) is 2. The van der Waals surface area contributed by atoms with Crippen molar-refractivity contribution in [3.05, 3.63) is 0 Å². The molecule has 0 aromatic rings. The standard InChI is InChI=1S/C14H24N2O2S/c1-9(2)11(17)6-4-3-5-7-12-13-10(8-19-12)15-14(18)16-13/h9-10,12-13H,3-8H2,1-2H3,(H2,15,16,18)/t10-,12-,13-/m0/s1. The zero-order chi connectivity index (χ0) is 13.8. The number of rotatable bonds is 7. The summed E-state index contributed by atoms with van der Waals surface area (Å²) in [5.74, 6) is 1.58. The van der Waals surface area contributed by atoms with Gasteiger partial charge in [0, 0.05) is 23.3 Å². The first-order valence-electron chi connectivity index (χ1n) is 7.29. The van der Waals surface area contributed by atoms with Crippen LogP contribution in [0.3, 0.4) is 0 Å². The molecule has 0 saturated carbocycles. The Hall–Kier alpha value is -0.710. The first-order valence-corrected chi connectivity index (χ1v) is 8.34. The largest absolute Gasteiger partial charge is 0.332 e. The number of hydrogen-bond donors (Lipinski definition) is 2. The Morgan fingerprint density at radius 3 is 2.84 bits per heavy atom. The Labute approximate surface area is 119 Å². The smallest absolute Gasteiger partial charge is 0.315 e. The Morgan fingerprint density at radius 2 is 2.11 bits per heavy atom. The minimum absolute atomic E-state index is 0.0113. The van der Waals surface area contributed by atoms with Crippen molar-refractivity contribution in [1.29, 1.82) is 0 Å². The number of ketones is 1. The molecule has 2 fully saturated rings.